The highest BCUT2D eigenvalue weighted by Gasteiger charge is 2.29. The molecule has 1 aliphatic heterocycles. The first-order valence-electron chi connectivity index (χ1n) is 5.04. The van der Waals surface area contributed by atoms with Crippen molar-refractivity contribution in [2.24, 2.45) is 0 Å². The quantitative estimate of drug-likeness (QED) is 0.520. The predicted octanol–water partition coefficient (Wildman–Crippen LogP) is 0.501. The fraction of sp³-hybridized carbons (Fsp3) is 0.600. The van der Waals surface area contributed by atoms with Gasteiger partial charge >= 0.3 is 5.97 Å². The molecule has 4 nitrogen and oxygen atoms in total. The minimum atomic E-state index is -0.0798. The van der Waals surface area contributed by atoms with Crippen LogP contribution in [0.25, 0.3) is 0 Å². The molecule has 0 atom stereocenters. The number of ether oxygens (including phenoxy) is 1. The minimum absolute atomic E-state index is 0.0234. The molecule has 1 aromatic rings. The Bertz CT molecular complexity index is 312. The first-order valence-corrected chi connectivity index (χ1v) is 5.04. The SMILES string of the molecule is CCCC(=O)OC1Cn2ccc[n+]2C1. The third kappa shape index (κ3) is 1.78. The molecule has 0 fully saturated rings. The number of aromatic nitrogens is 2. The lowest BCUT2D eigenvalue weighted by atomic mass is 10.3. The monoisotopic (exact) mass is 195 g/mol. The van der Waals surface area contributed by atoms with E-state index in [0.717, 1.165) is 19.5 Å². The van der Waals surface area contributed by atoms with E-state index < -0.39 is 0 Å². The van der Waals surface area contributed by atoms with Crippen molar-refractivity contribution in [3.8, 4) is 0 Å². The average molecular weight is 195 g/mol. The van der Waals surface area contributed by atoms with Crippen LogP contribution in [0.2, 0.25) is 0 Å². The summed E-state index contributed by atoms with van der Waals surface area (Å²) in [7, 11) is 0. The number of carbonyl (C=O) groups excluding carboxylic acids is 1. The highest BCUT2D eigenvalue weighted by molar-refractivity contribution is 5.69. The van der Waals surface area contributed by atoms with Crippen molar-refractivity contribution in [2.75, 3.05) is 0 Å². The summed E-state index contributed by atoms with van der Waals surface area (Å²) >= 11 is 0. The van der Waals surface area contributed by atoms with Crippen LogP contribution in [0.15, 0.2) is 18.5 Å². The molecular weight excluding hydrogens is 180 g/mol. The summed E-state index contributed by atoms with van der Waals surface area (Å²) in [4.78, 5) is 11.2. The Morgan fingerprint density at radius 3 is 3.29 bits per heavy atom. The molecule has 4 heteroatoms. The second kappa shape index (κ2) is 3.82. The van der Waals surface area contributed by atoms with E-state index in [2.05, 4.69) is 9.36 Å². The molecule has 2 rings (SSSR count). The Morgan fingerprint density at radius 1 is 1.71 bits per heavy atom. The molecule has 1 aliphatic rings. The summed E-state index contributed by atoms with van der Waals surface area (Å²) in [5, 5.41) is 0. The van der Waals surface area contributed by atoms with Gasteiger partial charge in [0.05, 0.1) is 6.20 Å². The van der Waals surface area contributed by atoms with Gasteiger partial charge in [-0.05, 0) is 6.42 Å². The zero-order valence-corrected chi connectivity index (χ0v) is 8.35. The molecule has 0 unspecified atom stereocenters. The summed E-state index contributed by atoms with van der Waals surface area (Å²) < 4.78 is 9.43. The normalized spacial score (nSPS) is 19.4. The molecule has 0 radical (unpaired) electrons. The van der Waals surface area contributed by atoms with Gasteiger partial charge in [-0.25, -0.2) is 0 Å². The minimum Gasteiger partial charge on any atom is -0.453 e. The van der Waals surface area contributed by atoms with Crippen molar-refractivity contribution in [1.82, 2.24) is 4.68 Å². The van der Waals surface area contributed by atoms with Crippen molar-refractivity contribution in [2.45, 2.75) is 39.0 Å². The van der Waals surface area contributed by atoms with Gasteiger partial charge < -0.3 is 4.74 Å². The molecule has 0 aliphatic carbocycles. The van der Waals surface area contributed by atoms with E-state index in [0.29, 0.717) is 6.42 Å². The summed E-state index contributed by atoms with van der Waals surface area (Å²) in [6.45, 7) is 3.54. The maximum absolute atomic E-state index is 11.2. The Hall–Kier alpha value is -1.32. The van der Waals surface area contributed by atoms with Crippen LogP contribution in [0, 0.1) is 0 Å². The van der Waals surface area contributed by atoms with E-state index in [1.165, 1.54) is 0 Å². The summed E-state index contributed by atoms with van der Waals surface area (Å²) in [6, 6.07) is 1.99. The van der Waals surface area contributed by atoms with Crippen molar-refractivity contribution >= 4 is 5.97 Å². The van der Waals surface area contributed by atoms with Crippen molar-refractivity contribution in [3.63, 3.8) is 0 Å². The highest BCUT2D eigenvalue weighted by Crippen LogP contribution is 2.05. The summed E-state index contributed by atoms with van der Waals surface area (Å²) in [5.74, 6) is -0.0798. The van der Waals surface area contributed by atoms with Crippen LogP contribution in [0.3, 0.4) is 0 Å². The van der Waals surface area contributed by atoms with Gasteiger partial charge in [-0.2, -0.15) is 4.68 Å². The summed E-state index contributed by atoms with van der Waals surface area (Å²) in [6.07, 6.45) is 5.39. The lowest BCUT2D eigenvalue weighted by molar-refractivity contribution is -0.760. The van der Waals surface area contributed by atoms with E-state index in [1.54, 1.807) is 0 Å². The van der Waals surface area contributed by atoms with Gasteiger partial charge in [0.1, 0.15) is 6.54 Å². The maximum atomic E-state index is 11.2. The molecule has 0 bridgehead atoms. The number of fused-ring (bicyclic) bond motifs is 1. The van der Waals surface area contributed by atoms with Gasteiger partial charge in [0, 0.05) is 12.5 Å². The van der Waals surface area contributed by atoms with Crippen molar-refractivity contribution in [3.05, 3.63) is 18.5 Å². The van der Waals surface area contributed by atoms with Crippen LogP contribution in [0.5, 0.6) is 0 Å². The molecule has 1 aromatic heterocycles. The standard InChI is InChI=1S/C10H15N2O2/c1-2-4-10(13)14-9-7-11-5-3-6-12(11)8-9/h3,5-6,9H,2,4,7-8H2,1H3/q+1. The first-order chi connectivity index (χ1) is 6.79. The second-order valence-electron chi connectivity index (χ2n) is 3.60. The average Bonchev–Trinajstić information content (AvgIpc) is 2.63. The molecule has 0 saturated heterocycles. The van der Waals surface area contributed by atoms with Crippen LogP contribution < -0.4 is 4.68 Å². The third-order valence-corrected chi connectivity index (χ3v) is 2.38. The fourth-order valence-corrected chi connectivity index (χ4v) is 1.74. The maximum Gasteiger partial charge on any atom is 0.306 e. The van der Waals surface area contributed by atoms with Crippen LogP contribution in [0.4, 0.5) is 0 Å². The van der Waals surface area contributed by atoms with Crippen LogP contribution >= 0.6 is 0 Å². The Kier molecular flexibility index (Phi) is 2.52. The van der Waals surface area contributed by atoms with Gasteiger partial charge in [0.2, 0.25) is 6.54 Å². The predicted molar refractivity (Wildman–Crippen MR) is 49.4 cm³/mol. The van der Waals surface area contributed by atoms with E-state index in [9.17, 15) is 4.79 Å². The second-order valence-corrected chi connectivity index (χ2v) is 3.60. The third-order valence-electron chi connectivity index (χ3n) is 2.38. The van der Waals surface area contributed by atoms with Crippen molar-refractivity contribution in [1.29, 1.82) is 0 Å². The lowest BCUT2D eigenvalue weighted by Crippen LogP contribution is -2.37. The van der Waals surface area contributed by atoms with E-state index in [1.807, 2.05) is 25.4 Å². The number of nitrogens with zero attached hydrogens (tertiary/aromatic N) is 2. The molecular formula is C10H15N2O2+. The van der Waals surface area contributed by atoms with Gasteiger partial charge in [0.15, 0.2) is 12.3 Å². The molecule has 2 heterocycles. The van der Waals surface area contributed by atoms with Crippen molar-refractivity contribution < 1.29 is 14.2 Å². The Labute approximate surface area is 83.1 Å². The van der Waals surface area contributed by atoms with Crippen LogP contribution in [0.1, 0.15) is 19.8 Å². The lowest BCUT2D eigenvalue weighted by Gasteiger charge is -2.06. The Balaban J connectivity index is 1.87. The van der Waals surface area contributed by atoms with Gasteiger partial charge in [-0.15, -0.1) is 4.68 Å². The molecule has 0 N–H and O–H groups in total. The number of hydrogen-bond acceptors (Lipinski definition) is 2. The number of esters is 1. The topological polar surface area (TPSA) is 35.1 Å². The molecule has 0 amide bonds. The Morgan fingerprint density at radius 2 is 2.57 bits per heavy atom. The number of carbonyl (C=O) groups is 1. The zero-order chi connectivity index (χ0) is 9.97. The van der Waals surface area contributed by atoms with Crippen LogP contribution in [-0.2, 0) is 22.6 Å². The van der Waals surface area contributed by atoms with E-state index in [4.69, 9.17) is 4.74 Å². The largest absolute Gasteiger partial charge is 0.453 e. The molecule has 0 aromatic carbocycles. The molecule has 14 heavy (non-hydrogen) atoms. The smallest absolute Gasteiger partial charge is 0.306 e. The van der Waals surface area contributed by atoms with Gasteiger partial charge in [0.25, 0.3) is 0 Å². The molecule has 76 valence electrons. The van der Waals surface area contributed by atoms with Gasteiger partial charge in [-0.3, -0.25) is 4.79 Å². The summed E-state index contributed by atoms with van der Waals surface area (Å²) in [5.41, 5.74) is 0. The molecule has 0 saturated carbocycles. The molecule has 0 spiro atoms. The van der Waals surface area contributed by atoms with E-state index in [-0.39, 0.29) is 12.1 Å². The van der Waals surface area contributed by atoms with Gasteiger partial charge in [-0.1, -0.05) is 6.92 Å². The highest BCUT2D eigenvalue weighted by atomic mass is 16.5. The number of hydrogen-bond donors (Lipinski definition) is 0. The van der Waals surface area contributed by atoms with E-state index >= 15 is 0 Å². The van der Waals surface area contributed by atoms with Crippen LogP contribution in [-0.4, -0.2) is 16.8 Å². The first kappa shape index (κ1) is 9.24. The zero-order valence-electron chi connectivity index (χ0n) is 8.35. The fourth-order valence-electron chi connectivity index (χ4n) is 1.74. The number of rotatable bonds is 3.